The Kier molecular flexibility index (Phi) is 3.65. The van der Waals surface area contributed by atoms with Gasteiger partial charge in [0.1, 0.15) is 5.54 Å². The Morgan fingerprint density at radius 1 is 1.37 bits per heavy atom. The molecule has 0 aromatic heterocycles. The summed E-state index contributed by atoms with van der Waals surface area (Å²) >= 11 is 0. The molecule has 2 fully saturated rings. The Morgan fingerprint density at radius 2 is 1.95 bits per heavy atom. The van der Waals surface area contributed by atoms with Gasteiger partial charge in [0.05, 0.1) is 0 Å². The summed E-state index contributed by atoms with van der Waals surface area (Å²) in [5.74, 6) is -1.54. The van der Waals surface area contributed by atoms with Crippen LogP contribution in [0.4, 0.5) is 0 Å². The van der Waals surface area contributed by atoms with Crippen LogP contribution in [0.5, 0.6) is 0 Å². The van der Waals surface area contributed by atoms with Crippen LogP contribution in [-0.2, 0) is 14.4 Å². The molecule has 0 aromatic carbocycles. The number of aliphatic carboxylic acids is 1. The molecular formula is C14H21NO4. The van der Waals surface area contributed by atoms with Crippen LogP contribution in [0.1, 0.15) is 52.4 Å². The molecule has 1 saturated carbocycles. The number of amides is 2. The van der Waals surface area contributed by atoms with E-state index < -0.39 is 11.5 Å². The second kappa shape index (κ2) is 4.94. The zero-order chi connectivity index (χ0) is 14.2. The molecule has 2 amide bonds. The summed E-state index contributed by atoms with van der Waals surface area (Å²) in [5.41, 5.74) is -1.29. The molecule has 2 rings (SSSR count). The van der Waals surface area contributed by atoms with Crippen LogP contribution in [0.2, 0.25) is 0 Å². The zero-order valence-corrected chi connectivity index (χ0v) is 11.5. The molecule has 0 bridgehead atoms. The van der Waals surface area contributed by atoms with E-state index in [0.29, 0.717) is 18.8 Å². The van der Waals surface area contributed by atoms with Crippen molar-refractivity contribution in [2.45, 2.75) is 57.9 Å². The number of nitrogens with zero attached hydrogens (tertiary/aromatic N) is 1. The molecule has 1 aliphatic carbocycles. The summed E-state index contributed by atoms with van der Waals surface area (Å²) in [6.07, 6.45) is 3.50. The molecule has 5 nitrogen and oxygen atoms in total. The molecule has 2 aliphatic rings. The Balaban J connectivity index is 2.29. The first kappa shape index (κ1) is 14.0. The first-order valence-electron chi connectivity index (χ1n) is 7.02. The van der Waals surface area contributed by atoms with Crippen molar-refractivity contribution in [2.24, 2.45) is 11.8 Å². The van der Waals surface area contributed by atoms with Crippen molar-refractivity contribution in [3.05, 3.63) is 0 Å². The van der Waals surface area contributed by atoms with Crippen molar-refractivity contribution in [1.29, 1.82) is 0 Å². The second-order valence-corrected chi connectivity index (χ2v) is 5.86. The summed E-state index contributed by atoms with van der Waals surface area (Å²) in [6, 6.07) is 0. The zero-order valence-electron chi connectivity index (χ0n) is 11.5. The van der Waals surface area contributed by atoms with E-state index in [4.69, 9.17) is 0 Å². The molecule has 1 unspecified atom stereocenters. The van der Waals surface area contributed by atoms with E-state index >= 15 is 0 Å². The predicted molar refractivity (Wildman–Crippen MR) is 68.2 cm³/mol. The van der Waals surface area contributed by atoms with Gasteiger partial charge in [0.2, 0.25) is 11.8 Å². The van der Waals surface area contributed by atoms with Crippen LogP contribution in [-0.4, -0.2) is 33.3 Å². The van der Waals surface area contributed by atoms with Crippen molar-refractivity contribution in [2.75, 3.05) is 0 Å². The highest BCUT2D eigenvalue weighted by Crippen LogP contribution is 2.41. The molecule has 106 valence electrons. The Bertz CT molecular complexity index is 410. The number of carbonyl (C=O) groups excluding carboxylic acids is 2. The van der Waals surface area contributed by atoms with Crippen molar-refractivity contribution < 1.29 is 19.5 Å². The molecular weight excluding hydrogens is 246 g/mol. The highest BCUT2D eigenvalue weighted by atomic mass is 16.4. The van der Waals surface area contributed by atoms with Crippen molar-refractivity contribution >= 4 is 17.8 Å². The number of hydrogen-bond donors (Lipinski definition) is 1. The lowest BCUT2D eigenvalue weighted by molar-refractivity contribution is -0.166. The summed E-state index contributed by atoms with van der Waals surface area (Å²) in [4.78, 5) is 36.9. The van der Waals surface area contributed by atoms with Gasteiger partial charge < -0.3 is 5.11 Å². The number of rotatable bonds is 3. The Hall–Kier alpha value is -1.39. The maximum Gasteiger partial charge on any atom is 0.330 e. The second-order valence-electron chi connectivity index (χ2n) is 5.86. The normalized spacial score (nSPS) is 35.8. The van der Waals surface area contributed by atoms with E-state index in [1.54, 1.807) is 6.92 Å². The van der Waals surface area contributed by atoms with E-state index in [1.807, 2.05) is 0 Å². The minimum Gasteiger partial charge on any atom is -0.479 e. The van der Waals surface area contributed by atoms with Crippen LogP contribution < -0.4 is 0 Å². The van der Waals surface area contributed by atoms with E-state index in [-0.39, 0.29) is 24.2 Å². The first-order chi connectivity index (χ1) is 8.92. The number of hydrogen-bond acceptors (Lipinski definition) is 3. The lowest BCUT2D eigenvalue weighted by atomic mass is 9.74. The summed E-state index contributed by atoms with van der Waals surface area (Å²) in [6.45, 7) is 3.78. The molecule has 1 aliphatic heterocycles. The van der Waals surface area contributed by atoms with Crippen LogP contribution in [0.3, 0.4) is 0 Å². The standard InChI is InChI=1S/C14H21NO4/c1-3-10-4-6-14(7-5-10,13(18)19)15-11(16)8-9(2)12(15)17/h9-10H,3-8H2,1-2H3,(H,18,19). The number of likely N-dealkylation sites (tertiary alicyclic amines) is 1. The Labute approximate surface area is 113 Å². The average molecular weight is 267 g/mol. The maximum atomic E-state index is 12.1. The number of carboxylic acid groups (broad SMARTS) is 1. The van der Waals surface area contributed by atoms with Crippen LogP contribution >= 0.6 is 0 Å². The van der Waals surface area contributed by atoms with E-state index in [9.17, 15) is 19.5 Å². The van der Waals surface area contributed by atoms with E-state index in [0.717, 1.165) is 24.2 Å². The van der Waals surface area contributed by atoms with Gasteiger partial charge in [-0.2, -0.15) is 0 Å². The van der Waals surface area contributed by atoms with Gasteiger partial charge in [-0.25, -0.2) is 4.79 Å². The monoisotopic (exact) mass is 267 g/mol. The molecule has 1 atom stereocenters. The molecule has 0 spiro atoms. The van der Waals surface area contributed by atoms with Crippen molar-refractivity contribution in [3.8, 4) is 0 Å². The highest BCUT2D eigenvalue weighted by Gasteiger charge is 2.54. The smallest absolute Gasteiger partial charge is 0.330 e. The van der Waals surface area contributed by atoms with Gasteiger partial charge >= 0.3 is 5.97 Å². The third-order valence-electron chi connectivity index (χ3n) is 4.71. The molecule has 1 saturated heterocycles. The third kappa shape index (κ3) is 2.15. The van der Waals surface area contributed by atoms with E-state index in [2.05, 4.69) is 6.92 Å². The number of imide groups is 1. The quantitative estimate of drug-likeness (QED) is 0.791. The summed E-state index contributed by atoms with van der Waals surface area (Å²) in [5, 5.41) is 9.58. The van der Waals surface area contributed by atoms with Crippen LogP contribution in [0, 0.1) is 11.8 Å². The van der Waals surface area contributed by atoms with Crippen molar-refractivity contribution in [3.63, 3.8) is 0 Å². The average Bonchev–Trinajstić information content (AvgIpc) is 2.63. The molecule has 5 heteroatoms. The fourth-order valence-electron chi connectivity index (χ4n) is 3.33. The predicted octanol–water partition coefficient (Wildman–Crippen LogP) is 1.80. The molecule has 0 aromatic rings. The lowest BCUT2D eigenvalue weighted by Crippen LogP contribution is -2.58. The van der Waals surface area contributed by atoms with Crippen molar-refractivity contribution in [1.82, 2.24) is 4.90 Å². The third-order valence-corrected chi connectivity index (χ3v) is 4.71. The lowest BCUT2D eigenvalue weighted by Gasteiger charge is -2.42. The summed E-state index contributed by atoms with van der Waals surface area (Å²) < 4.78 is 0. The first-order valence-corrected chi connectivity index (χ1v) is 7.02. The fraction of sp³-hybridized carbons (Fsp3) is 0.786. The maximum absolute atomic E-state index is 12.1. The fourth-order valence-corrected chi connectivity index (χ4v) is 3.33. The van der Waals surface area contributed by atoms with Gasteiger partial charge in [-0.15, -0.1) is 0 Å². The molecule has 1 N–H and O–H groups in total. The topological polar surface area (TPSA) is 74.7 Å². The SMILES string of the molecule is CCC1CCC(C(=O)O)(N2C(=O)CC(C)C2=O)CC1. The molecule has 0 radical (unpaired) electrons. The minimum atomic E-state index is -1.29. The van der Waals surface area contributed by atoms with E-state index in [1.165, 1.54) is 0 Å². The van der Waals surface area contributed by atoms with Gasteiger partial charge in [0.15, 0.2) is 0 Å². The Morgan fingerprint density at radius 3 is 2.32 bits per heavy atom. The minimum absolute atomic E-state index is 0.144. The highest BCUT2D eigenvalue weighted by molar-refractivity contribution is 6.07. The van der Waals surface area contributed by atoms with Crippen LogP contribution in [0.15, 0.2) is 0 Å². The number of carboxylic acids is 1. The molecule has 19 heavy (non-hydrogen) atoms. The van der Waals surface area contributed by atoms with Gasteiger partial charge in [0.25, 0.3) is 0 Å². The number of carbonyl (C=O) groups is 3. The van der Waals surface area contributed by atoms with Gasteiger partial charge in [-0.3, -0.25) is 14.5 Å². The van der Waals surface area contributed by atoms with Crippen LogP contribution in [0.25, 0.3) is 0 Å². The van der Waals surface area contributed by atoms with Gasteiger partial charge in [-0.05, 0) is 31.6 Å². The van der Waals surface area contributed by atoms with Gasteiger partial charge in [0, 0.05) is 12.3 Å². The molecule has 1 heterocycles. The largest absolute Gasteiger partial charge is 0.479 e. The van der Waals surface area contributed by atoms with Gasteiger partial charge in [-0.1, -0.05) is 20.3 Å². The summed E-state index contributed by atoms with van der Waals surface area (Å²) in [7, 11) is 0.